The topological polar surface area (TPSA) is 67.9 Å². The molecule has 1 N–H and O–H groups in total. The summed E-state index contributed by atoms with van der Waals surface area (Å²) in [6.07, 6.45) is -0.170. The van der Waals surface area contributed by atoms with E-state index in [1.165, 1.54) is 0 Å². The summed E-state index contributed by atoms with van der Waals surface area (Å²) in [7, 11) is 3.15. The molecule has 0 radical (unpaired) electrons. The minimum Gasteiger partial charge on any atom is -0.382 e. The molecule has 2 atom stereocenters. The van der Waals surface area contributed by atoms with Crippen LogP contribution < -0.4 is 5.32 Å². The van der Waals surface area contributed by atoms with Gasteiger partial charge in [-0.25, -0.2) is 4.79 Å². The first-order valence-electron chi connectivity index (χ1n) is 5.20. The summed E-state index contributed by atoms with van der Waals surface area (Å²) in [6.45, 7) is 3.05. The zero-order chi connectivity index (χ0) is 12.1. The Balaban J connectivity index is 2.52. The molecule has 1 aliphatic rings. The maximum absolute atomic E-state index is 11.5. The van der Waals surface area contributed by atoms with Crippen molar-refractivity contribution in [2.24, 2.45) is 5.92 Å². The van der Waals surface area contributed by atoms with Crippen LogP contribution in [0.1, 0.15) is 6.92 Å². The second kappa shape index (κ2) is 5.81. The van der Waals surface area contributed by atoms with Crippen LogP contribution in [0.5, 0.6) is 0 Å². The third-order valence-electron chi connectivity index (χ3n) is 2.57. The van der Waals surface area contributed by atoms with Gasteiger partial charge in [0.15, 0.2) is 0 Å². The molecule has 0 aliphatic carbocycles. The number of hydrogen-bond acceptors (Lipinski definition) is 4. The molecule has 2 unspecified atom stereocenters. The van der Waals surface area contributed by atoms with Gasteiger partial charge in [-0.15, -0.1) is 0 Å². The van der Waals surface area contributed by atoms with E-state index in [0.29, 0.717) is 19.7 Å². The molecule has 6 nitrogen and oxygen atoms in total. The Morgan fingerprint density at radius 3 is 2.75 bits per heavy atom. The number of ether oxygens (including phenoxy) is 2. The van der Waals surface area contributed by atoms with Gasteiger partial charge in [-0.3, -0.25) is 10.1 Å². The normalized spacial score (nSPS) is 23.2. The highest BCUT2D eigenvalue weighted by Crippen LogP contribution is 2.08. The van der Waals surface area contributed by atoms with Crippen molar-refractivity contribution in [1.82, 2.24) is 10.2 Å². The molecule has 1 fully saturated rings. The van der Waals surface area contributed by atoms with Gasteiger partial charge < -0.3 is 14.4 Å². The van der Waals surface area contributed by atoms with E-state index in [-0.39, 0.29) is 24.0 Å². The lowest BCUT2D eigenvalue weighted by Gasteiger charge is -2.32. The molecule has 0 aromatic rings. The molecule has 1 saturated heterocycles. The molecule has 6 heteroatoms. The Hall–Kier alpha value is -1.14. The Morgan fingerprint density at radius 2 is 2.19 bits per heavy atom. The molecule has 1 aliphatic heterocycles. The molecular formula is C10H18N2O4. The van der Waals surface area contributed by atoms with Gasteiger partial charge in [-0.1, -0.05) is 6.92 Å². The van der Waals surface area contributed by atoms with Gasteiger partial charge >= 0.3 is 6.03 Å². The monoisotopic (exact) mass is 230 g/mol. The van der Waals surface area contributed by atoms with Gasteiger partial charge in [0.1, 0.15) is 0 Å². The van der Waals surface area contributed by atoms with Crippen LogP contribution in [-0.2, 0) is 14.3 Å². The molecule has 1 rings (SSSR count). The summed E-state index contributed by atoms with van der Waals surface area (Å²) >= 11 is 0. The summed E-state index contributed by atoms with van der Waals surface area (Å²) in [5, 5.41) is 2.30. The van der Waals surface area contributed by atoms with Gasteiger partial charge in [-0.05, 0) is 0 Å². The highest BCUT2D eigenvalue weighted by molar-refractivity contribution is 5.97. The number of rotatable bonds is 5. The van der Waals surface area contributed by atoms with Crippen LogP contribution >= 0.6 is 0 Å². The van der Waals surface area contributed by atoms with Gasteiger partial charge in [-0.2, -0.15) is 0 Å². The predicted molar refractivity (Wildman–Crippen MR) is 56.9 cm³/mol. The summed E-state index contributed by atoms with van der Waals surface area (Å²) in [4.78, 5) is 24.3. The van der Waals surface area contributed by atoms with Gasteiger partial charge in [0.2, 0.25) is 5.91 Å². The smallest absolute Gasteiger partial charge is 0.324 e. The summed E-state index contributed by atoms with van der Waals surface area (Å²) < 4.78 is 10.1. The van der Waals surface area contributed by atoms with Crippen molar-refractivity contribution in [3.05, 3.63) is 0 Å². The number of amides is 3. The molecule has 3 amide bonds. The van der Waals surface area contributed by atoms with Crippen LogP contribution in [0.15, 0.2) is 0 Å². The van der Waals surface area contributed by atoms with E-state index in [9.17, 15) is 9.59 Å². The average Bonchev–Trinajstić information content (AvgIpc) is 2.25. The maximum Gasteiger partial charge on any atom is 0.324 e. The summed E-state index contributed by atoms with van der Waals surface area (Å²) in [6, 6.07) is -0.360. The Bertz CT molecular complexity index is 270. The van der Waals surface area contributed by atoms with Crippen molar-refractivity contribution in [3.8, 4) is 0 Å². The number of methoxy groups -OCH3 is 2. The maximum atomic E-state index is 11.5. The minimum atomic E-state index is -0.360. The Labute approximate surface area is 94.9 Å². The van der Waals surface area contributed by atoms with Crippen molar-refractivity contribution in [3.63, 3.8) is 0 Å². The first-order valence-corrected chi connectivity index (χ1v) is 5.20. The van der Waals surface area contributed by atoms with Crippen molar-refractivity contribution >= 4 is 11.9 Å². The zero-order valence-corrected chi connectivity index (χ0v) is 9.86. The predicted octanol–water partition coefficient (Wildman–Crippen LogP) is -0.164. The third-order valence-corrected chi connectivity index (χ3v) is 2.57. The summed E-state index contributed by atoms with van der Waals surface area (Å²) in [5.74, 6) is -0.403. The van der Waals surface area contributed by atoms with Crippen molar-refractivity contribution in [2.45, 2.75) is 13.0 Å². The lowest BCUT2D eigenvalue weighted by molar-refractivity contribution is -0.125. The number of urea groups is 1. The highest BCUT2D eigenvalue weighted by atomic mass is 16.5. The fraction of sp³-hybridized carbons (Fsp3) is 0.800. The first-order chi connectivity index (χ1) is 7.58. The lowest BCUT2D eigenvalue weighted by Crippen LogP contribution is -2.55. The number of imide groups is 1. The molecule has 0 aromatic carbocycles. The van der Waals surface area contributed by atoms with Crippen LogP contribution in [0.4, 0.5) is 4.79 Å². The molecule has 92 valence electrons. The van der Waals surface area contributed by atoms with Crippen molar-refractivity contribution in [2.75, 3.05) is 33.9 Å². The van der Waals surface area contributed by atoms with E-state index in [1.807, 2.05) is 0 Å². The summed E-state index contributed by atoms with van der Waals surface area (Å²) in [5.41, 5.74) is 0. The van der Waals surface area contributed by atoms with Crippen LogP contribution in [0.25, 0.3) is 0 Å². The molecule has 0 spiro atoms. The van der Waals surface area contributed by atoms with Crippen LogP contribution in [0.3, 0.4) is 0 Å². The quantitative estimate of drug-likeness (QED) is 0.712. The number of carbonyl (C=O) groups excluding carboxylic acids is 2. The highest BCUT2D eigenvalue weighted by Gasteiger charge is 2.30. The molecule has 0 saturated carbocycles. The minimum absolute atomic E-state index is 0.170. The van der Waals surface area contributed by atoms with Gasteiger partial charge in [0.05, 0.1) is 25.2 Å². The van der Waals surface area contributed by atoms with E-state index in [0.717, 1.165) is 0 Å². The van der Waals surface area contributed by atoms with Crippen molar-refractivity contribution in [1.29, 1.82) is 0 Å². The number of hydrogen-bond donors (Lipinski definition) is 1. The standard InChI is InChI=1S/C10H18N2O4/c1-7-4-12(10(14)11-9(7)13)5-8(16-3)6-15-2/h7-8H,4-6H2,1-3H3,(H,11,13,14). The second-order valence-corrected chi connectivity index (χ2v) is 3.91. The number of nitrogens with one attached hydrogen (secondary N) is 1. The first kappa shape index (κ1) is 12.9. The SMILES string of the molecule is COCC(CN1CC(C)C(=O)NC1=O)OC. The van der Waals surface area contributed by atoms with E-state index in [2.05, 4.69) is 5.32 Å². The van der Waals surface area contributed by atoms with Gasteiger partial charge in [0, 0.05) is 20.8 Å². The molecule has 1 heterocycles. The molecule has 0 bridgehead atoms. The molecule has 0 aromatic heterocycles. The molecular weight excluding hydrogens is 212 g/mol. The van der Waals surface area contributed by atoms with Crippen LogP contribution in [-0.4, -0.2) is 56.9 Å². The van der Waals surface area contributed by atoms with Crippen LogP contribution in [0, 0.1) is 5.92 Å². The largest absolute Gasteiger partial charge is 0.382 e. The molecule has 16 heavy (non-hydrogen) atoms. The lowest BCUT2D eigenvalue weighted by atomic mass is 10.1. The second-order valence-electron chi connectivity index (χ2n) is 3.91. The Morgan fingerprint density at radius 1 is 1.50 bits per heavy atom. The van der Waals surface area contributed by atoms with E-state index in [1.54, 1.807) is 26.0 Å². The average molecular weight is 230 g/mol. The Kier molecular flexibility index (Phi) is 4.70. The van der Waals surface area contributed by atoms with Crippen LogP contribution in [0.2, 0.25) is 0 Å². The number of nitrogens with zero attached hydrogens (tertiary/aromatic N) is 1. The fourth-order valence-corrected chi connectivity index (χ4v) is 1.59. The fourth-order valence-electron chi connectivity index (χ4n) is 1.59. The van der Waals surface area contributed by atoms with Gasteiger partial charge in [0.25, 0.3) is 0 Å². The van der Waals surface area contributed by atoms with Crippen molar-refractivity contribution < 1.29 is 19.1 Å². The third kappa shape index (κ3) is 3.18. The zero-order valence-electron chi connectivity index (χ0n) is 9.86. The van der Waals surface area contributed by atoms with E-state index >= 15 is 0 Å². The van der Waals surface area contributed by atoms with E-state index in [4.69, 9.17) is 9.47 Å². The number of carbonyl (C=O) groups is 2. The van der Waals surface area contributed by atoms with E-state index < -0.39 is 0 Å².